The Morgan fingerprint density at radius 2 is 0.688 bits per heavy atom. The highest BCUT2D eigenvalue weighted by Gasteiger charge is 2.54. The van der Waals surface area contributed by atoms with E-state index in [1.807, 2.05) is 11.3 Å². The number of benzene rings is 10. The Balaban J connectivity index is 1.03. The quantitative estimate of drug-likeness (QED) is 0.171. The summed E-state index contributed by atoms with van der Waals surface area (Å²) < 4.78 is 2.61. The van der Waals surface area contributed by atoms with Crippen LogP contribution in [0, 0.1) is 0 Å². The van der Waals surface area contributed by atoms with Crippen molar-refractivity contribution in [2.75, 3.05) is 4.90 Å². The van der Waals surface area contributed by atoms with Crippen LogP contribution in [0.4, 0.5) is 17.1 Å². The van der Waals surface area contributed by atoms with E-state index in [1.54, 1.807) is 0 Å². The van der Waals surface area contributed by atoms with Gasteiger partial charge in [0.25, 0.3) is 0 Å². The Morgan fingerprint density at radius 1 is 0.281 bits per heavy atom. The highest BCUT2D eigenvalue weighted by molar-refractivity contribution is 7.25. The van der Waals surface area contributed by atoms with Gasteiger partial charge in [0.15, 0.2) is 0 Å². The molecule has 1 aromatic heterocycles. The zero-order chi connectivity index (χ0) is 41.7. The molecular weight excluding hydrogens is 791 g/mol. The molecule has 296 valence electrons. The van der Waals surface area contributed by atoms with Gasteiger partial charge in [0.1, 0.15) is 0 Å². The van der Waals surface area contributed by atoms with Crippen molar-refractivity contribution in [3.05, 3.63) is 269 Å². The maximum atomic E-state index is 2.57. The van der Waals surface area contributed by atoms with Gasteiger partial charge in [-0.15, -0.1) is 11.3 Å². The van der Waals surface area contributed by atoms with E-state index in [1.165, 1.54) is 115 Å². The maximum Gasteiger partial charge on any atom is 0.0726 e. The highest BCUT2D eigenvalue weighted by Crippen LogP contribution is 2.66. The summed E-state index contributed by atoms with van der Waals surface area (Å²) in [6.45, 7) is 0. The van der Waals surface area contributed by atoms with Crippen LogP contribution in [-0.4, -0.2) is 0 Å². The zero-order valence-electron chi connectivity index (χ0n) is 34.7. The minimum absolute atomic E-state index is 0.403. The molecule has 11 aromatic rings. The average molecular weight is 828 g/mol. The molecular formula is C62H37NS. The molecule has 0 saturated carbocycles. The van der Waals surface area contributed by atoms with Crippen molar-refractivity contribution in [3.8, 4) is 44.5 Å². The van der Waals surface area contributed by atoms with Crippen LogP contribution in [0.2, 0.25) is 0 Å². The van der Waals surface area contributed by atoms with Gasteiger partial charge in [0.2, 0.25) is 0 Å². The molecule has 0 radical (unpaired) electrons. The Hall–Kier alpha value is -7.78. The number of hydrogen-bond donors (Lipinski definition) is 0. The van der Waals surface area contributed by atoms with Gasteiger partial charge in [-0.1, -0.05) is 182 Å². The second kappa shape index (κ2) is 12.4. The van der Waals surface area contributed by atoms with Crippen molar-refractivity contribution in [1.29, 1.82) is 0 Å². The SMILES string of the molecule is c1ccc2c(c1)-c1ccccc1C21c2ccccc2-c2cc(N(c3ccc4sc5ccccc5c4c3)c3cccc4c3-c3ccccc3C43c4ccccc4-c4ccccc43)ccc21. The number of rotatable bonds is 3. The summed E-state index contributed by atoms with van der Waals surface area (Å²) in [4.78, 5) is 2.57. The molecule has 1 nitrogen and oxygen atoms in total. The lowest BCUT2D eigenvalue weighted by Crippen LogP contribution is -2.26. The van der Waals surface area contributed by atoms with Crippen molar-refractivity contribution < 1.29 is 0 Å². The van der Waals surface area contributed by atoms with E-state index >= 15 is 0 Å². The van der Waals surface area contributed by atoms with Crippen molar-refractivity contribution in [2.24, 2.45) is 0 Å². The molecule has 15 rings (SSSR count). The molecule has 0 amide bonds. The Morgan fingerprint density at radius 3 is 1.28 bits per heavy atom. The number of thiophene rings is 1. The van der Waals surface area contributed by atoms with Crippen molar-refractivity contribution in [3.63, 3.8) is 0 Å². The van der Waals surface area contributed by atoms with E-state index in [4.69, 9.17) is 0 Å². The predicted molar refractivity (Wildman–Crippen MR) is 267 cm³/mol. The normalized spacial score (nSPS) is 14.5. The van der Waals surface area contributed by atoms with E-state index in [9.17, 15) is 0 Å². The molecule has 4 aliphatic rings. The van der Waals surface area contributed by atoms with Crippen LogP contribution in [0.25, 0.3) is 64.7 Å². The molecule has 0 aliphatic heterocycles. The molecule has 0 saturated heterocycles. The van der Waals surface area contributed by atoms with Gasteiger partial charge in [-0.05, 0) is 126 Å². The Labute approximate surface area is 375 Å². The first-order chi connectivity index (χ1) is 31.8. The minimum atomic E-state index is -0.444. The monoisotopic (exact) mass is 827 g/mol. The van der Waals surface area contributed by atoms with Crippen molar-refractivity contribution in [1.82, 2.24) is 0 Å². The van der Waals surface area contributed by atoms with E-state index in [0.29, 0.717) is 0 Å². The number of anilines is 3. The molecule has 10 aromatic carbocycles. The standard InChI is InChI=1S/C62H37NS/c1-8-23-49-40(16-1)41-17-2-9-24-50(41)61(49)53-27-12-5-20-44(53)47-36-38(32-34-55(47)61)63(39-33-35-59-48(37-39)45-21-7-14-31-58(45)64-59)57-30-15-29-56-60(57)46-22-6-13-28-54(46)62(56)51-25-10-3-18-42(51)43-19-4-11-26-52(43)62/h1-37H. The maximum absolute atomic E-state index is 2.57. The fourth-order valence-corrected chi connectivity index (χ4v) is 13.9. The van der Waals surface area contributed by atoms with Crippen LogP contribution in [0.1, 0.15) is 44.5 Å². The van der Waals surface area contributed by atoms with Crippen molar-refractivity contribution in [2.45, 2.75) is 10.8 Å². The molecule has 64 heavy (non-hydrogen) atoms. The van der Waals surface area contributed by atoms with Crippen LogP contribution < -0.4 is 4.90 Å². The lowest BCUT2D eigenvalue weighted by atomic mass is 9.70. The van der Waals surface area contributed by atoms with Crippen LogP contribution in [0.15, 0.2) is 224 Å². The summed E-state index contributed by atoms with van der Waals surface area (Å²) in [6, 6.07) is 85.1. The van der Waals surface area contributed by atoms with Crippen molar-refractivity contribution >= 4 is 48.6 Å². The summed E-state index contributed by atoms with van der Waals surface area (Å²) in [6.07, 6.45) is 0. The number of fused-ring (bicyclic) bond motifs is 23. The van der Waals surface area contributed by atoms with E-state index < -0.39 is 10.8 Å². The fourth-order valence-electron chi connectivity index (χ4n) is 12.8. The zero-order valence-corrected chi connectivity index (χ0v) is 35.5. The molecule has 0 atom stereocenters. The second-order valence-corrected chi connectivity index (χ2v) is 18.9. The molecule has 1 heterocycles. The lowest BCUT2D eigenvalue weighted by Gasteiger charge is -2.32. The average Bonchev–Trinajstić information content (AvgIpc) is 4.13. The molecule has 0 N–H and O–H groups in total. The first kappa shape index (κ1) is 34.8. The topological polar surface area (TPSA) is 3.24 Å². The fraction of sp³-hybridized carbons (Fsp3) is 0.0323. The summed E-state index contributed by atoms with van der Waals surface area (Å²) >= 11 is 1.87. The summed E-state index contributed by atoms with van der Waals surface area (Å²) in [7, 11) is 0. The van der Waals surface area contributed by atoms with Gasteiger partial charge >= 0.3 is 0 Å². The molecule has 0 bridgehead atoms. The van der Waals surface area contributed by atoms with Gasteiger partial charge in [-0.2, -0.15) is 0 Å². The molecule has 2 spiro atoms. The predicted octanol–water partition coefficient (Wildman–Crippen LogP) is 16.2. The van der Waals surface area contributed by atoms with Gasteiger partial charge < -0.3 is 4.90 Å². The van der Waals surface area contributed by atoms with Gasteiger partial charge in [-0.3, -0.25) is 0 Å². The highest BCUT2D eigenvalue weighted by atomic mass is 32.1. The molecule has 0 fully saturated rings. The first-order valence-corrected chi connectivity index (χ1v) is 23.2. The summed E-state index contributed by atoms with van der Waals surface area (Å²) in [5, 5.41) is 2.59. The van der Waals surface area contributed by atoms with Crippen LogP contribution in [0.5, 0.6) is 0 Å². The third kappa shape index (κ3) is 4.11. The summed E-state index contributed by atoms with van der Waals surface area (Å²) in [5.41, 5.74) is 23.9. The van der Waals surface area contributed by atoms with Gasteiger partial charge in [-0.25, -0.2) is 0 Å². The molecule has 0 unspecified atom stereocenters. The van der Waals surface area contributed by atoms with E-state index in [0.717, 1.165) is 11.4 Å². The third-order valence-corrected chi connectivity index (χ3v) is 16.2. The third-order valence-electron chi connectivity index (χ3n) is 15.1. The van der Waals surface area contributed by atoms with Gasteiger partial charge in [0.05, 0.1) is 16.5 Å². The van der Waals surface area contributed by atoms with Crippen LogP contribution >= 0.6 is 11.3 Å². The number of hydrogen-bond acceptors (Lipinski definition) is 2. The van der Waals surface area contributed by atoms with Crippen LogP contribution in [0.3, 0.4) is 0 Å². The van der Waals surface area contributed by atoms with E-state index in [2.05, 4.69) is 229 Å². The smallest absolute Gasteiger partial charge is 0.0726 e. The second-order valence-electron chi connectivity index (χ2n) is 17.8. The Bertz CT molecular complexity index is 3740. The largest absolute Gasteiger partial charge is 0.310 e. The van der Waals surface area contributed by atoms with Crippen LogP contribution in [-0.2, 0) is 10.8 Å². The number of nitrogens with zero attached hydrogens (tertiary/aromatic N) is 1. The first-order valence-electron chi connectivity index (χ1n) is 22.3. The lowest BCUT2D eigenvalue weighted by molar-refractivity contribution is 0.793. The summed E-state index contributed by atoms with van der Waals surface area (Å²) in [5.74, 6) is 0. The molecule has 2 heteroatoms. The minimum Gasteiger partial charge on any atom is -0.310 e. The van der Waals surface area contributed by atoms with E-state index in [-0.39, 0.29) is 0 Å². The molecule has 4 aliphatic carbocycles. The van der Waals surface area contributed by atoms with Gasteiger partial charge in [0, 0.05) is 37.1 Å². The Kier molecular flexibility index (Phi) is 6.76.